The van der Waals surface area contributed by atoms with Crippen molar-refractivity contribution in [2.45, 2.75) is 11.8 Å². The Morgan fingerprint density at radius 3 is 2.36 bits per heavy atom. The number of rotatable bonds is 1. The summed E-state index contributed by atoms with van der Waals surface area (Å²) in [5.74, 6) is 0. The molecule has 7 heteroatoms. The van der Waals surface area contributed by atoms with Gasteiger partial charge in [-0.15, -0.1) is 0 Å². The third kappa shape index (κ3) is 2.58. The Morgan fingerprint density at radius 1 is 1.43 bits per heavy atom. The molecule has 1 rings (SSSR count). The van der Waals surface area contributed by atoms with E-state index in [2.05, 4.69) is 0 Å². The Hall–Kier alpha value is -0.820. The standard InChI is InChI=1S/C7H8ClNO3S.H3N/c1-4-2-7(13(10,11)12)6(9)3-5(4)8;/h2-3H,9H2,1H3,(H,10,11,12);1H3. The van der Waals surface area contributed by atoms with Crippen molar-refractivity contribution in [1.82, 2.24) is 6.15 Å². The van der Waals surface area contributed by atoms with Gasteiger partial charge >= 0.3 is 0 Å². The Bertz CT molecular complexity index is 444. The van der Waals surface area contributed by atoms with Gasteiger partial charge in [-0.25, -0.2) is 8.42 Å². The first kappa shape index (κ1) is 13.2. The number of nitrogen functional groups attached to an aromatic ring is 1. The molecule has 1 aromatic rings. The zero-order chi connectivity index (χ0) is 10.2. The maximum atomic E-state index is 10.6. The van der Waals surface area contributed by atoms with Gasteiger partial charge in [-0.3, -0.25) is 0 Å². The molecule has 0 fully saturated rings. The third-order valence-electron chi connectivity index (χ3n) is 1.56. The molecule has 0 aliphatic rings. The summed E-state index contributed by atoms with van der Waals surface area (Å²) >= 11 is 5.66. The molecule has 1 aromatic carbocycles. The molecule has 0 amide bonds. The lowest BCUT2D eigenvalue weighted by Gasteiger charge is -2.11. The van der Waals surface area contributed by atoms with E-state index in [0.29, 0.717) is 10.6 Å². The molecule has 0 radical (unpaired) electrons. The van der Waals surface area contributed by atoms with Crippen LogP contribution in [-0.2, 0) is 10.1 Å². The van der Waals surface area contributed by atoms with Gasteiger partial charge in [0.1, 0.15) is 10.1 Å². The number of halogens is 1. The molecule has 0 saturated heterocycles. The van der Waals surface area contributed by atoms with Gasteiger partial charge in [0.25, 0.3) is 0 Å². The van der Waals surface area contributed by atoms with Crippen molar-refractivity contribution in [1.29, 1.82) is 0 Å². The fraction of sp³-hybridized carbons (Fsp3) is 0.143. The van der Waals surface area contributed by atoms with Crippen LogP contribution in [0.5, 0.6) is 0 Å². The van der Waals surface area contributed by atoms with Crippen molar-refractivity contribution in [2.75, 3.05) is 5.73 Å². The first-order valence-electron chi connectivity index (χ1n) is 3.34. The summed E-state index contributed by atoms with van der Waals surface area (Å²) in [7, 11) is -4.51. The lowest BCUT2D eigenvalue weighted by molar-refractivity contribution is 0.463. The van der Waals surface area contributed by atoms with Crippen LogP contribution in [0, 0.1) is 6.92 Å². The average molecular weight is 239 g/mol. The van der Waals surface area contributed by atoms with Gasteiger partial charge < -0.3 is 16.4 Å². The monoisotopic (exact) mass is 238 g/mol. The van der Waals surface area contributed by atoms with Crippen molar-refractivity contribution in [3.8, 4) is 0 Å². The second-order valence-corrected chi connectivity index (χ2v) is 4.35. The maximum Gasteiger partial charge on any atom is 0.126 e. The number of aryl methyl sites for hydroxylation is 1. The lowest BCUT2D eigenvalue weighted by Crippen LogP contribution is -2.03. The topological polar surface area (TPSA) is 120 Å². The molecule has 0 unspecified atom stereocenters. The van der Waals surface area contributed by atoms with E-state index in [1.807, 2.05) is 0 Å². The van der Waals surface area contributed by atoms with Crippen LogP contribution < -0.4 is 11.9 Å². The normalized spacial score (nSPS) is 10.8. The van der Waals surface area contributed by atoms with Crippen molar-refractivity contribution < 1.29 is 13.0 Å². The quantitative estimate of drug-likeness (QED) is 0.569. The van der Waals surface area contributed by atoms with Crippen molar-refractivity contribution in [2.24, 2.45) is 0 Å². The molecule has 0 spiro atoms. The number of quaternary nitrogens is 1. The lowest BCUT2D eigenvalue weighted by atomic mass is 10.2. The first-order valence-corrected chi connectivity index (χ1v) is 5.12. The Balaban J connectivity index is 0.00000169. The molecule has 14 heavy (non-hydrogen) atoms. The van der Waals surface area contributed by atoms with Gasteiger partial charge in [0, 0.05) is 5.02 Å². The molecule has 0 aliphatic carbocycles. The summed E-state index contributed by atoms with van der Waals surface area (Å²) in [6, 6.07) is 2.42. The van der Waals surface area contributed by atoms with Gasteiger partial charge in [-0.2, -0.15) is 0 Å². The number of nitrogens with two attached hydrogens (primary N) is 1. The third-order valence-corrected chi connectivity index (χ3v) is 2.86. The molecule has 0 aromatic heterocycles. The van der Waals surface area contributed by atoms with Crippen molar-refractivity contribution in [3.05, 3.63) is 22.7 Å². The highest BCUT2D eigenvalue weighted by atomic mass is 35.5. The zero-order valence-electron chi connectivity index (χ0n) is 7.74. The number of hydrogen-bond donors (Lipinski definition) is 2. The molecule has 0 bridgehead atoms. The van der Waals surface area contributed by atoms with E-state index in [9.17, 15) is 13.0 Å². The second-order valence-electron chi connectivity index (χ2n) is 2.59. The summed E-state index contributed by atoms with van der Waals surface area (Å²) in [5, 5.41) is 0.338. The Labute approximate surface area is 87.2 Å². The highest BCUT2D eigenvalue weighted by Crippen LogP contribution is 2.25. The van der Waals surface area contributed by atoms with Crippen LogP contribution >= 0.6 is 11.6 Å². The minimum absolute atomic E-state index is 0. The predicted molar refractivity (Wildman–Crippen MR) is 54.5 cm³/mol. The molecule has 5 nitrogen and oxygen atoms in total. The highest BCUT2D eigenvalue weighted by molar-refractivity contribution is 7.86. The van der Waals surface area contributed by atoms with E-state index >= 15 is 0 Å². The maximum absolute atomic E-state index is 10.6. The zero-order valence-corrected chi connectivity index (χ0v) is 9.32. The Morgan fingerprint density at radius 2 is 1.93 bits per heavy atom. The fourth-order valence-corrected chi connectivity index (χ4v) is 1.73. The molecule has 0 aliphatic heterocycles. The van der Waals surface area contributed by atoms with Crippen LogP contribution in [0.15, 0.2) is 17.0 Å². The largest absolute Gasteiger partial charge is 0.744 e. The van der Waals surface area contributed by atoms with Gasteiger partial charge in [-0.05, 0) is 24.6 Å². The number of benzene rings is 1. The van der Waals surface area contributed by atoms with Gasteiger partial charge in [0.2, 0.25) is 0 Å². The smallest absolute Gasteiger partial charge is 0.126 e. The number of anilines is 1. The van der Waals surface area contributed by atoms with Crippen molar-refractivity contribution >= 4 is 27.4 Å². The van der Waals surface area contributed by atoms with Crippen LogP contribution in [0.4, 0.5) is 5.69 Å². The first-order chi connectivity index (χ1) is 5.82. The molecule has 80 valence electrons. The van der Waals surface area contributed by atoms with E-state index in [1.54, 1.807) is 6.92 Å². The molecular formula is C7H11ClN2O3S. The Kier molecular flexibility index (Phi) is 3.90. The summed E-state index contributed by atoms with van der Waals surface area (Å²) in [4.78, 5) is -0.422. The van der Waals surface area contributed by atoms with E-state index in [-0.39, 0.29) is 11.8 Å². The van der Waals surface area contributed by atoms with Crippen LogP contribution in [0.1, 0.15) is 5.56 Å². The molecule has 6 N–H and O–H groups in total. The predicted octanol–water partition coefficient (Wildman–Crippen LogP) is 1.51. The fourth-order valence-electron chi connectivity index (χ4n) is 0.887. The summed E-state index contributed by atoms with van der Waals surface area (Å²) in [5.41, 5.74) is 5.70. The van der Waals surface area contributed by atoms with E-state index in [1.165, 1.54) is 12.1 Å². The van der Waals surface area contributed by atoms with Gasteiger partial charge in [-0.1, -0.05) is 11.6 Å². The molecule has 0 heterocycles. The molecular weight excluding hydrogens is 228 g/mol. The SMILES string of the molecule is Cc1cc(S(=O)(=O)[O-])c(N)cc1Cl.[NH4+]. The van der Waals surface area contributed by atoms with Gasteiger partial charge in [0.15, 0.2) is 0 Å². The van der Waals surface area contributed by atoms with E-state index in [0.717, 1.165) is 0 Å². The van der Waals surface area contributed by atoms with Crippen LogP contribution in [0.2, 0.25) is 5.02 Å². The van der Waals surface area contributed by atoms with Crippen LogP contribution in [0.3, 0.4) is 0 Å². The van der Waals surface area contributed by atoms with Crippen LogP contribution in [0.25, 0.3) is 0 Å². The summed E-state index contributed by atoms with van der Waals surface area (Å²) < 4.78 is 31.9. The van der Waals surface area contributed by atoms with E-state index < -0.39 is 15.0 Å². The molecule has 0 saturated carbocycles. The number of hydrogen-bond acceptors (Lipinski definition) is 4. The average Bonchev–Trinajstić information content (AvgIpc) is 1.94. The second kappa shape index (κ2) is 4.14. The van der Waals surface area contributed by atoms with Crippen molar-refractivity contribution in [3.63, 3.8) is 0 Å². The van der Waals surface area contributed by atoms with Gasteiger partial charge in [0.05, 0.1) is 10.6 Å². The summed E-state index contributed by atoms with van der Waals surface area (Å²) in [6.45, 7) is 1.59. The van der Waals surface area contributed by atoms with E-state index in [4.69, 9.17) is 17.3 Å². The minimum Gasteiger partial charge on any atom is -0.744 e. The highest BCUT2D eigenvalue weighted by Gasteiger charge is 2.08. The van der Waals surface area contributed by atoms with Crippen LogP contribution in [-0.4, -0.2) is 13.0 Å². The molecule has 0 atom stereocenters. The minimum atomic E-state index is -4.51. The summed E-state index contributed by atoms with van der Waals surface area (Å²) in [6.07, 6.45) is 0.